The fourth-order valence-corrected chi connectivity index (χ4v) is 6.90. The topological polar surface area (TPSA) is 37.4 Å². The number of benzene rings is 4. The average Bonchev–Trinajstić information content (AvgIpc) is 2.95. The highest BCUT2D eigenvalue weighted by molar-refractivity contribution is 7.99. The Labute approximate surface area is 240 Å². The predicted molar refractivity (Wildman–Crippen MR) is 162 cm³/mol. The van der Waals surface area contributed by atoms with Crippen LogP contribution in [-0.2, 0) is 6.42 Å². The number of hydrogen-bond acceptors (Lipinski definition) is 5. The summed E-state index contributed by atoms with van der Waals surface area (Å²) >= 11 is 3.07. The van der Waals surface area contributed by atoms with Crippen molar-refractivity contribution in [1.29, 1.82) is 0 Å². The van der Waals surface area contributed by atoms with Gasteiger partial charge < -0.3 is 4.90 Å². The molecule has 5 heteroatoms. The monoisotopic (exact) mass is 551 g/mol. The smallest absolute Gasteiger partial charge is 0.195 e. The van der Waals surface area contributed by atoms with Crippen LogP contribution in [0.1, 0.15) is 63.1 Å². The summed E-state index contributed by atoms with van der Waals surface area (Å²) in [6.45, 7) is 1.16. The molecule has 0 aromatic heterocycles. The number of hydrogen-bond donors (Lipinski definition) is 0. The molecule has 5 rings (SSSR count). The SMILES string of the molecule is CN(C)CCCCCCc1ccc(Sc2cccc3c2C(=O)c2cccc(Sc4ccccc4)c2C3=O)cc1. The van der Waals surface area contributed by atoms with Crippen molar-refractivity contribution in [1.82, 2.24) is 4.90 Å². The Morgan fingerprint density at radius 1 is 0.564 bits per heavy atom. The van der Waals surface area contributed by atoms with Gasteiger partial charge >= 0.3 is 0 Å². The third kappa shape index (κ3) is 6.55. The summed E-state index contributed by atoms with van der Waals surface area (Å²) in [4.78, 5) is 33.5. The normalized spacial score (nSPS) is 12.5. The molecule has 0 aliphatic heterocycles. The number of fused-ring (bicyclic) bond motifs is 2. The van der Waals surface area contributed by atoms with Crippen LogP contribution in [0.2, 0.25) is 0 Å². The lowest BCUT2D eigenvalue weighted by atomic mass is 9.84. The molecule has 0 bridgehead atoms. The van der Waals surface area contributed by atoms with E-state index in [1.165, 1.54) is 43.0 Å². The first-order valence-electron chi connectivity index (χ1n) is 13.5. The second-order valence-electron chi connectivity index (χ2n) is 10.1. The molecule has 1 aliphatic rings. The van der Waals surface area contributed by atoms with Gasteiger partial charge in [0.25, 0.3) is 0 Å². The molecule has 0 radical (unpaired) electrons. The van der Waals surface area contributed by atoms with E-state index in [9.17, 15) is 9.59 Å². The number of carbonyl (C=O) groups is 2. The Balaban J connectivity index is 1.31. The Bertz CT molecular complexity index is 1460. The molecule has 0 unspecified atom stereocenters. The highest BCUT2D eigenvalue weighted by Crippen LogP contribution is 2.41. The van der Waals surface area contributed by atoms with Crippen molar-refractivity contribution in [3.63, 3.8) is 0 Å². The van der Waals surface area contributed by atoms with Crippen LogP contribution < -0.4 is 0 Å². The van der Waals surface area contributed by atoms with Gasteiger partial charge in [-0.15, -0.1) is 0 Å². The molecule has 0 fully saturated rings. The lowest BCUT2D eigenvalue weighted by molar-refractivity contribution is 0.0974. The molecular weight excluding hydrogens is 519 g/mol. The molecule has 39 heavy (non-hydrogen) atoms. The van der Waals surface area contributed by atoms with Gasteiger partial charge in [0.1, 0.15) is 0 Å². The van der Waals surface area contributed by atoms with Gasteiger partial charge in [0.05, 0.1) is 0 Å². The Kier molecular flexibility index (Phi) is 9.02. The minimum absolute atomic E-state index is 0.0795. The fraction of sp³-hybridized carbons (Fsp3) is 0.235. The van der Waals surface area contributed by atoms with E-state index in [1.54, 1.807) is 23.9 Å². The van der Waals surface area contributed by atoms with Gasteiger partial charge in [-0.05, 0) is 81.9 Å². The minimum atomic E-state index is -0.0815. The number of unbranched alkanes of at least 4 members (excludes halogenated alkanes) is 3. The van der Waals surface area contributed by atoms with Gasteiger partial charge in [0.2, 0.25) is 0 Å². The zero-order valence-corrected chi connectivity index (χ0v) is 24.1. The van der Waals surface area contributed by atoms with E-state index in [-0.39, 0.29) is 11.6 Å². The third-order valence-electron chi connectivity index (χ3n) is 6.94. The predicted octanol–water partition coefficient (Wildman–Crippen LogP) is 8.43. The molecule has 3 nitrogen and oxygen atoms in total. The lowest BCUT2D eigenvalue weighted by Gasteiger charge is -2.22. The van der Waals surface area contributed by atoms with E-state index in [0.29, 0.717) is 22.3 Å². The van der Waals surface area contributed by atoms with Crippen molar-refractivity contribution in [2.45, 2.75) is 51.7 Å². The van der Waals surface area contributed by atoms with Crippen molar-refractivity contribution in [2.75, 3.05) is 20.6 Å². The maximum absolute atomic E-state index is 13.8. The molecule has 0 N–H and O–H groups in total. The summed E-state index contributed by atoms with van der Waals surface area (Å²) in [7, 11) is 4.25. The molecule has 0 saturated heterocycles. The maximum atomic E-state index is 13.8. The van der Waals surface area contributed by atoms with E-state index < -0.39 is 0 Å². The van der Waals surface area contributed by atoms with Gasteiger partial charge in [-0.25, -0.2) is 0 Å². The zero-order chi connectivity index (χ0) is 27.2. The standard InChI is InChI=1S/C34H33NO2S2/c1-35(2)23-9-4-3-6-12-24-19-21-26(22-20-24)39-30-18-11-16-28-32(30)34(37)27-15-10-17-29(31(27)33(28)36)38-25-13-7-5-8-14-25/h5,7-8,10-11,13-22H,3-4,6,9,12,23H2,1-2H3. The Hall–Kier alpha value is -3.12. The molecule has 0 amide bonds. The first-order chi connectivity index (χ1) is 19.0. The summed E-state index contributed by atoms with van der Waals surface area (Å²) < 4.78 is 0. The first kappa shape index (κ1) is 27.4. The van der Waals surface area contributed by atoms with Crippen molar-refractivity contribution in [3.8, 4) is 0 Å². The average molecular weight is 552 g/mol. The minimum Gasteiger partial charge on any atom is -0.309 e. The van der Waals surface area contributed by atoms with E-state index in [0.717, 1.165) is 32.5 Å². The molecule has 4 aromatic rings. The van der Waals surface area contributed by atoms with E-state index >= 15 is 0 Å². The van der Waals surface area contributed by atoms with E-state index in [4.69, 9.17) is 0 Å². The van der Waals surface area contributed by atoms with Gasteiger partial charge in [0.15, 0.2) is 11.6 Å². The first-order valence-corrected chi connectivity index (χ1v) is 15.1. The van der Waals surface area contributed by atoms with Crippen molar-refractivity contribution >= 4 is 35.1 Å². The molecule has 198 valence electrons. The number of aryl methyl sites for hydroxylation is 1. The van der Waals surface area contributed by atoms with Crippen molar-refractivity contribution in [3.05, 3.63) is 119 Å². The number of rotatable bonds is 11. The van der Waals surface area contributed by atoms with Gasteiger partial charge in [0, 0.05) is 41.8 Å². The molecule has 1 aliphatic carbocycles. The van der Waals surface area contributed by atoms with Crippen LogP contribution in [0.5, 0.6) is 0 Å². The van der Waals surface area contributed by atoms with Crippen molar-refractivity contribution < 1.29 is 9.59 Å². The van der Waals surface area contributed by atoms with E-state index in [2.05, 4.69) is 43.3 Å². The summed E-state index contributed by atoms with van der Waals surface area (Å²) in [5.74, 6) is -0.161. The Morgan fingerprint density at radius 2 is 1.10 bits per heavy atom. The summed E-state index contributed by atoms with van der Waals surface area (Å²) in [5.41, 5.74) is 3.35. The van der Waals surface area contributed by atoms with Gasteiger partial charge in [-0.3, -0.25) is 9.59 Å². The number of carbonyl (C=O) groups excluding carboxylic acids is 2. The van der Waals surface area contributed by atoms with Crippen LogP contribution in [0.15, 0.2) is 111 Å². The van der Waals surface area contributed by atoms with Crippen LogP contribution in [-0.4, -0.2) is 37.1 Å². The highest BCUT2D eigenvalue weighted by Gasteiger charge is 2.33. The van der Waals surface area contributed by atoms with Crippen LogP contribution in [0, 0.1) is 0 Å². The third-order valence-corrected chi connectivity index (χ3v) is 9.07. The molecule has 0 spiro atoms. The van der Waals surface area contributed by atoms with Crippen molar-refractivity contribution in [2.24, 2.45) is 0 Å². The second-order valence-corrected chi connectivity index (χ2v) is 12.4. The zero-order valence-electron chi connectivity index (χ0n) is 22.5. The summed E-state index contributed by atoms with van der Waals surface area (Å²) in [6.07, 6.45) is 6.06. The Morgan fingerprint density at radius 3 is 1.67 bits per heavy atom. The van der Waals surface area contributed by atoms with Crippen LogP contribution in [0.4, 0.5) is 0 Å². The van der Waals surface area contributed by atoms with Gasteiger partial charge in [-0.1, -0.05) is 91.0 Å². The maximum Gasteiger partial charge on any atom is 0.195 e. The van der Waals surface area contributed by atoms with E-state index in [1.807, 2.05) is 54.6 Å². The number of ketones is 2. The van der Waals surface area contributed by atoms with Gasteiger partial charge in [-0.2, -0.15) is 0 Å². The summed E-state index contributed by atoms with van der Waals surface area (Å²) in [5, 5.41) is 0. The quantitative estimate of drug-likeness (QED) is 0.154. The molecule has 0 saturated carbocycles. The van der Waals surface area contributed by atoms with Crippen LogP contribution in [0.3, 0.4) is 0 Å². The largest absolute Gasteiger partial charge is 0.309 e. The molecule has 0 atom stereocenters. The van der Waals surface area contributed by atoms with Crippen LogP contribution >= 0.6 is 23.5 Å². The molecule has 0 heterocycles. The van der Waals surface area contributed by atoms with Crippen LogP contribution in [0.25, 0.3) is 0 Å². The highest BCUT2D eigenvalue weighted by atomic mass is 32.2. The molecule has 4 aromatic carbocycles. The fourth-order valence-electron chi connectivity index (χ4n) is 4.93. The lowest BCUT2D eigenvalue weighted by Crippen LogP contribution is -2.22. The summed E-state index contributed by atoms with van der Waals surface area (Å²) in [6, 6.07) is 29.8. The molecular formula is C34H33NO2S2. The number of nitrogens with zero attached hydrogens (tertiary/aromatic N) is 1. The second kappa shape index (κ2) is 12.8.